The van der Waals surface area contributed by atoms with Crippen LogP contribution in [-0.4, -0.2) is 13.2 Å². The van der Waals surface area contributed by atoms with Crippen molar-refractivity contribution in [1.29, 1.82) is 0 Å². The molecule has 0 N–H and O–H groups in total. The van der Waals surface area contributed by atoms with Crippen LogP contribution in [0.15, 0.2) is 78.9 Å². The zero-order valence-corrected chi connectivity index (χ0v) is 43.0. The molecule has 0 aliphatic carbocycles. The molecule has 0 atom stereocenters. The van der Waals surface area contributed by atoms with E-state index in [1.54, 1.807) is 0 Å². The Hall–Kier alpha value is -2.74. The van der Waals surface area contributed by atoms with Gasteiger partial charge in [-0.3, -0.25) is 0 Å². The van der Waals surface area contributed by atoms with Crippen LogP contribution in [0.2, 0.25) is 0 Å². The lowest BCUT2D eigenvalue weighted by Crippen LogP contribution is -2.07. The third-order valence-corrected chi connectivity index (χ3v) is 13.8. The van der Waals surface area contributed by atoms with Crippen LogP contribution < -0.4 is 9.47 Å². The third kappa shape index (κ3) is 31.0. The summed E-state index contributed by atoms with van der Waals surface area (Å²) in [6.07, 6.45) is 56.0. The summed E-state index contributed by atoms with van der Waals surface area (Å²) in [4.78, 5) is 0. The second-order valence-corrected chi connectivity index (χ2v) is 19.9. The van der Waals surface area contributed by atoms with Crippen molar-refractivity contribution in [1.82, 2.24) is 0 Å². The van der Waals surface area contributed by atoms with Crippen molar-refractivity contribution < 1.29 is 9.47 Å². The Kier molecular flexibility index (Phi) is 37.1. The van der Waals surface area contributed by atoms with Crippen LogP contribution in [0.4, 0.5) is 0 Å². The summed E-state index contributed by atoms with van der Waals surface area (Å²) in [5.41, 5.74) is 3.58. The van der Waals surface area contributed by atoms with Crippen LogP contribution in [0, 0.1) is 5.92 Å². The topological polar surface area (TPSA) is 18.5 Å². The molecule has 0 amide bonds. The smallest absolute Gasteiger partial charge is 0.123 e. The summed E-state index contributed by atoms with van der Waals surface area (Å²) >= 11 is 0. The van der Waals surface area contributed by atoms with Crippen LogP contribution in [0.3, 0.4) is 0 Å². The molecule has 0 aromatic heterocycles. The van der Waals surface area contributed by atoms with Gasteiger partial charge in [0.15, 0.2) is 0 Å². The van der Waals surface area contributed by atoms with E-state index in [1.165, 1.54) is 261 Å². The quantitative estimate of drug-likeness (QED) is 0.0415. The minimum Gasteiger partial charge on any atom is -0.493 e. The summed E-state index contributed by atoms with van der Waals surface area (Å²) in [7, 11) is 0. The standard InChI is InChI=1S/C63H103O2/c1-3-5-7-9-11-13-15-17-19-21-23-25-27-29-31-33-35-37-39-47-53-64-61-55-60(63(58-49-43-41-44-50-58)59-51-45-42-46-52-59)56-62(57-61)65-54-48-40-38-36-34-32-30-28-26-24-22-20-18-16-14-12-10-8-6-4-2/h41-46,49-52,55-57H,3-40,47-48,53-54H2,1-2H3. The molecular weight excluding hydrogens is 789 g/mol. The van der Waals surface area contributed by atoms with E-state index in [0.717, 1.165) is 43.1 Å². The molecule has 367 valence electrons. The molecule has 0 unspecified atom stereocenters. The molecule has 0 bridgehead atoms. The zero-order chi connectivity index (χ0) is 45.8. The normalized spacial score (nSPS) is 11.5. The van der Waals surface area contributed by atoms with Gasteiger partial charge in [-0.2, -0.15) is 0 Å². The second kappa shape index (κ2) is 42.6. The zero-order valence-electron chi connectivity index (χ0n) is 43.0. The Morgan fingerprint density at radius 2 is 0.492 bits per heavy atom. The first-order valence-electron chi connectivity index (χ1n) is 28.7. The molecule has 0 aliphatic rings. The Balaban J connectivity index is 1.28. The molecule has 1 radical (unpaired) electrons. The van der Waals surface area contributed by atoms with Gasteiger partial charge in [-0.05, 0) is 41.7 Å². The maximum absolute atomic E-state index is 6.50. The molecule has 3 aromatic carbocycles. The van der Waals surface area contributed by atoms with Crippen molar-refractivity contribution in [2.45, 2.75) is 271 Å². The highest BCUT2D eigenvalue weighted by atomic mass is 16.5. The van der Waals surface area contributed by atoms with Crippen molar-refractivity contribution >= 4 is 0 Å². The van der Waals surface area contributed by atoms with E-state index in [4.69, 9.17) is 9.47 Å². The van der Waals surface area contributed by atoms with Gasteiger partial charge in [0.05, 0.1) is 19.1 Å². The Bertz CT molecular complexity index is 1310. The number of unbranched alkanes of at least 4 members (excludes halogenated alkanes) is 38. The number of hydrogen-bond donors (Lipinski definition) is 0. The van der Waals surface area contributed by atoms with Crippen molar-refractivity contribution in [2.75, 3.05) is 13.2 Å². The largest absolute Gasteiger partial charge is 0.493 e. The summed E-state index contributed by atoms with van der Waals surface area (Å²) in [5, 5.41) is 0. The molecule has 65 heavy (non-hydrogen) atoms. The Morgan fingerprint density at radius 1 is 0.262 bits per heavy atom. The maximum atomic E-state index is 6.50. The van der Waals surface area contributed by atoms with E-state index >= 15 is 0 Å². The molecule has 3 rings (SSSR count). The summed E-state index contributed by atoms with van der Waals surface area (Å²) in [6.45, 7) is 6.13. The first-order chi connectivity index (χ1) is 32.3. The van der Waals surface area contributed by atoms with E-state index in [-0.39, 0.29) is 0 Å². The Labute approximate surface area is 404 Å². The van der Waals surface area contributed by atoms with Crippen LogP contribution in [-0.2, 0) is 0 Å². The molecule has 0 saturated heterocycles. The minimum absolute atomic E-state index is 0.757. The molecule has 0 heterocycles. The van der Waals surface area contributed by atoms with Gasteiger partial charge in [-0.25, -0.2) is 0 Å². The minimum atomic E-state index is 0.757. The molecule has 0 spiro atoms. The van der Waals surface area contributed by atoms with Gasteiger partial charge >= 0.3 is 0 Å². The Morgan fingerprint density at radius 3 is 0.738 bits per heavy atom. The lowest BCUT2D eigenvalue weighted by atomic mass is 9.85. The van der Waals surface area contributed by atoms with E-state index in [1.807, 2.05) is 0 Å². The van der Waals surface area contributed by atoms with Crippen molar-refractivity contribution in [3.05, 3.63) is 101 Å². The first-order valence-corrected chi connectivity index (χ1v) is 28.7. The third-order valence-electron chi connectivity index (χ3n) is 13.8. The van der Waals surface area contributed by atoms with Crippen LogP contribution in [0.25, 0.3) is 0 Å². The predicted molar refractivity (Wildman–Crippen MR) is 287 cm³/mol. The molecule has 2 nitrogen and oxygen atoms in total. The highest BCUT2D eigenvalue weighted by Crippen LogP contribution is 2.36. The fraction of sp³-hybridized carbons (Fsp3) is 0.698. The second-order valence-electron chi connectivity index (χ2n) is 19.9. The van der Waals surface area contributed by atoms with Crippen LogP contribution >= 0.6 is 0 Å². The van der Waals surface area contributed by atoms with Gasteiger partial charge in [0.2, 0.25) is 0 Å². The molecule has 2 heteroatoms. The van der Waals surface area contributed by atoms with Crippen molar-refractivity contribution in [3.63, 3.8) is 0 Å². The van der Waals surface area contributed by atoms with Gasteiger partial charge < -0.3 is 9.47 Å². The fourth-order valence-corrected chi connectivity index (χ4v) is 9.69. The van der Waals surface area contributed by atoms with Gasteiger partial charge in [0.25, 0.3) is 0 Å². The predicted octanol–water partition coefficient (Wildman–Crippen LogP) is 21.1. The summed E-state index contributed by atoms with van der Waals surface area (Å²) in [5.74, 6) is 3.06. The van der Waals surface area contributed by atoms with Gasteiger partial charge in [0, 0.05) is 6.07 Å². The van der Waals surface area contributed by atoms with Crippen LogP contribution in [0.5, 0.6) is 11.5 Å². The number of rotatable bonds is 47. The number of benzene rings is 3. The monoisotopic (exact) mass is 892 g/mol. The van der Waals surface area contributed by atoms with Crippen molar-refractivity contribution in [2.24, 2.45) is 0 Å². The lowest BCUT2D eigenvalue weighted by molar-refractivity contribution is 0.289. The fourth-order valence-electron chi connectivity index (χ4n) is 9.69. The molecular formula is C63H103O2. The van der Waals surface area contributed by atoms with E-state index in [0.29, 0.717) is 0 Å². The molecule has 0 fully saturated rings. The first kappa shape index (κ1) is 56.6. The average Bonchev–Trinajstić information content (AvgIpc) is 3.33. The van der Waals surface area contributed by atoms with Gasteiger partial charge in [-0.1, -0.05) is 319 Å². The van der Waals surface area contributed by atoms with Crippen molar-refractivity contribution in [3.8, 4) is 11.5 Å². The number of ether oxygens (including phenoxy) is 2. The molecule has 3 aromatic rings. The maximum Gasteiger partial charge on any atom is 0.123 e. The summed E-state index contributed by atoms with van der Waals surface area (Å²) < 4.78 is 13.0. The van der Waals surface area contributed by atoms with Gasteiger partial charge in [0.1, 0.15) is 11.5 Å². The lowest BCUT2D eigenvalue weighted by Gasteiger charge is -2.20. The summed E-state index contributed by atoms with van der Waals surface area (Å²) in [6, 6.07) is 28.2. The van der Waals surface area contributed by atoms with E-state index < -0.39 is 0 Å². The molecule has 0 saturated carbocycles. The average molecular weight is 893 g/mol. The highest BCUT2D eigenvalue weighted by Gasteiger charge is 2.20. The highest BCUT2D eigenvalue weighted by molar-refractivity contribution is 5.60. The van der Waals surface area contributed by atoms with Gasteiger partial charge in [-0.15, -0.1) is 0 Å². The van der Waals surface area contributed by atoms with E-state index in [9.17, 15) is 0 Å². The van der Waals surface area contributed by atoms with E-state index in [2.05, 4.69) is 92.7 Å². The van der Waals surface area contributed by atoms with Crippen LogP contribution in [0.1, 0.15) is 287 Å². The SMILES string of the molecule is CCCCCCCCCCCCCCCCCCCCCCOc1cc(OCCCCCCCCCCCCCCCCCCCCCC)cc([C](c2ccccc2)c2ccccc2)c1. The molecule has 0 aliphatic heterocycles. The number of hydrogen-bond acceptors (Lipinski definition) is 2.